The molecule has 0 spiro atoms. The first-order valence-electron chi connectivity index (χ1n) is 6.68. The number of benzene rings is 1. The van der Waals surface area contributed by atoms with Gasteiger partial charge in [0, 0.05) is 12.6 Å². The van der Waals surface area contributed by atoms with Gasteiger partial charge in [0.25, 0.3) is 0 Å². The number of hydrogen-bond acceptors (Lipinski definition) is 4. The zero-order valence-electron chi connectivity index (χ0n) is 10.8. The van der Waals surface area contributed by atoms with Crippen molar-refractivity contribution < 1.29 is 4.74 Å². The predicted octanol–water partition coefficient (Wildman–Crippen LogP) is 1.61. The minimum atomic E-state index is 0.600. The Balaban J connectivity index is 1.47. The molecule has 5 nitrogen and oxygen atoms in total. The van der Waals surface area contributed by atoms with Crippen LogP contribution in [-0.2, 0) is 13.1 Å². The molecule has 1 fully saturated rings. The molecule has 0 atom stereocenters. The second kappa shape index (κ2) is 5.84. The average molecular weight is 258 g/mol. The van der Waals surface area contributed by atoms with E-state index in [0.29, 0.717) is 13.2 Å². The molecule has 0 aliphatic heterocycles. The molecule has 3 rings (SSSR count). The molecule has 1 aromatic heterocycles. The second-order valence-electron chi connectivity index (χ2n) is 4.81. The van der Waals surface area contributed by atoms with E-state index in [-0.39, 0.29) is 0 Å². The van der Waals surface area contributed by atoms with Gasteiger partial charge in [0.05, 0.1) is 6.54 Å². The van der Waals surface area contributed by atoms with Crippen LogP contribution in [0.5, 0.6) is 5.75 Å². The van der Waals surface area contributed by atoms with Crippen molar-refractivity contribution in [1.82, 2.24) is 20.1 Å². The quantitative estimate of drug-likeness (QED) is 0.819. The van der Waals surface area contributed by atoms with Crippen LogP contribution in [0.3, 0.4) is 0 Å². The van der Waals surface area contributed by atoms with Gasteiger partial charge in [-0.2, -0.15) is 5.10 Å². The third kappa shape index (κ3) is 3.79. The molecule has 1 aliphatic carbocycles. The van der Waals surface area contributed by atoms with Crippen LogP contribution in [0.4, 0.5) is 0 Å². The lowest BCUT2D eigenvalue weighted by Gasteiger charge is -2.08. The molecular weight excluding hydrogens is 240 g/mol. The van der Waals surface area contributed by atoms with Gasteiger partial charge >= 0.3 is 0 Å². The van der Waals surface area contributed by atoms with Gasteiger partial charge in [-0.3, -0.25) is 0 Å². The highest BCUT2D eigenvalue weighted by Crippen LogP contribution is 2.20. The van der Waals surface area contributed by atoms with E-state index < -0.39 is 0 Å². The van der Waals surface area contributed by atoms with Gasteiger partial charge in [-0.15, -0.1) is 0 Å². The smallest absolute Gasteiger partial charge is 0.137 e. The van der Waals surface area contributed by atoms with Crippen LogP contribution in [0.25, 0.3) is 0 Å². The van der Waals surface area contributed by atoms with E-state index >= 15 is 0 Å². The minimum absolute atomic E-state index is 0.600. The van der Waals surface area contributed by atoms with Crippen LogP contribution in [-0.4, -0.2) is 27.4 Å². The summed E-state index contributed by atoms with van der Waals surface area (Å²) in [6, 6.07) is 8.98. The molecule has 19 heavy (non-hydrogen) atoms. The summed E-state index contributed by atoms with van der Waals surface area (Å²) in [7, 11) is 0. The first-order valence-corrected chi connectivity index (χ1v) is 6.68. The van der Waals surface area contributed by atoms with E-state index in [1.54, 1.807) is 11.0 Å². The van der Waals surface area contributed by atoms with E-state index in [0.717, 1.165) is 18.3 Å². The van der Waals surface area contributed by atoms with E-state index in [2.05, 4.69) is 27.5 Å². The van der Waals surface area contributed by atoms with Crippen LogP contribution in [0.2, 0.25) is 0 Å². The number of rotatable bonds is 7. The SMILES string of the molecule is c1cc(CNC2CC2)cc(OCCn2cncn2)c1. The first kappa shape index (κ1) is 12.2. The third-order valence-corrected chi connectivity index (χ3v) is 3.13. The van der Waals surface area contributed by atoms with Crippen molar-refractivity contribution >= 4 is 0 Å². The van der Waals surface area contributed by atoms with Crippen molar-refractivity contribution in [2.45, 2.75) is 32.0 Å². The van der Waals surface area contributed by atoms with E-state index in [1.807, 2.05) is 12.1 Å². The highest BCUT2D eigenvalue weighted by Gasteiger charge is 2.19. The Morgan fingerprint density at radius 2 is 2.32 bits per heavy atom. The summed E-state index contributed by atoms with van der Waals surface area (Å²) in [5.41, 5.74) is 1.27. The van der Waals surface area contributed by atoms with E-state index in [4.69, 9.17) is 4.74 Å². The van der Waals surface area contributed by atoms with Gasteiger partial charge in [-0.25, -0.2) is 9.67 Å². The van der Waals surface area contributed by atoms with Crippen molar-refractivity contribution in [3.05, 3.63) is 42.5 Å². The number of ether oxygens (including phenoxy) is 1. The predicted molar refractivity (Wildman–Crippen MR) is 71.8 cm³/mol. The Kier molecular flexibility index (Phi) is 3.74. The molecule has 0 amide bonds. The van der Waals surface area contributed by atoms with Crippen molar-refractivity contribution in [1.29, 1.82) is 0 Å². The average Bonchev–Trinajstić information content (AvgIpc) is 3.13. The van der Waals surface area contributed by atoms with Gasteiger partial charge in [0.1, 0.15) is 25.0 Å². The summed E-state index contributed by atoms with van der Waals surface area (Å²) in [6.07, 6.45) is 5.85. The molecule has 1 aromatic carbocycles. The maximum atomic E-state index is 5.73. The fraction of sp³-hybridized carbons (Fsp3) is 0.429. The maximum Gasteiger partial charge on any atom is 0.137 e. The van der Waals surface area contributed by atoms with E-state index in [9.17, 15) is 0 Å². The van der Waals surface area contributed by atoms with Gasteiger partial charge in [0.2, 0.25) is 0 Å². The molecule has 1 aliphatic rings. The highest BCUT2D eigenvalue weighted by molar-refractivity contribution is 5.28. The molecule has 2 aromatic rings. The van der Waals surface area contributed by atoms with Crippen molar-refractivity contribution in [2.24, 2.45) is 0 Å². The fourth-order valence-corrected chi connectivity index (χ4v) is 1.90. The summed E-state index contributed by atoms with van der Waals surface area (Å²) in [5, 5.41) is 7.54. The van der Waals surface area contributed by atoms with Crippen molar-refractivity contribution in [2.75, 3.05) is 6.61 Å². The lowest BCUT2D eigenvalue weighted by Crippen LogP contribution is -2.15. The lowest BCUT2D eigenvalue weighted by molar-refractivity contribution is 0.291. The number of nitrogens with one attached hydrogen (secondary N) is 1. The molecule has 5 heteroatoms. The van der Waals surface area contributed by atoms with E-state index in [1.165, 1.54) is 24.7 Å². The lowest BCUT2D eigenvalue weighted by atomic mass is 10.2. The Morgan fingerprint density at radius 1 is 1.37 bits per heavy atom. The summed E-state index contributed by atoms with van der Waals surface area (Å²) in [6.45, 7) is 2.23. The summed E-state index contributed by atoms with van der Waals surface area (Å²) >= 11 is 0. The standard InChI is InChI=1S/C14H18N4O/c1-2-12(9-16-13-4-5-13)8-14(3-1)19-7-6-18-11-15-10-17-18/h1-3,8,10-11,13,16H,4-7,9H2. The van der Waals surface area contributed by atoms with Gasteiger partial charge < -0.3 is 10.1 Å². The molecule has 1 N–H and O–H groups in total. The highest BCUT2D eigenvalue weighted by atomic mass is 16.5. The number of aromatic nitrogens is 3. The van der Waals surface area contributed by atoms with Gasteiger partial charge in [-0.05, 0) is 30.5 Å². The Hall–Kier alpha value is -1.88. The zero-order valence-corrected chi connectivity index (χ0v) is 10.8. The second-order valence-corrected chi connectivity index (χ2v) is 4.81. The molecular formula is C14H18N4O. The molecule has 0 unspecified atom stereocenters. The van der Waals surface area contributed by atoms with Crippen LogP contribution in [0.15, 0.2) is 36.9 Å². The Morgan fingerprint density at radius 3 is 3.11 bits per heavy atom. The normalized spacial score (nSPS) is 14.5. The maximum absolute atomic E-state index is 5.73. The van der Waals surface area contributed by atoms with Crippen molar-refractivity contribution in [3.63, 3.8) is 0 Å². The summed E-state index contributed by atoms with van der Waals surface area (Å²) in [5.74, 6) is 0.912. The van der Waals surface area contributed by atoms with Crippen LogP contribution < -0.4 is 10.1 Å². The molecule has 0 radical (unpaired) electrons. The third-order valence-electron chi connectivity index (χ3n) is 3.13. The van der Waals surface area contributed by atoms with Crippen LogP contribution in [0, 0.1) is 0 Å². The molecule has 0 saturated heterocycles. The van der Waals surface area contributed by atoms with Crippen LogP contribution in [0.1, 0.15) is 18.4 Å². The summed E-state index contributed by atoms with van der Waals surface area (Å²) < 4.78 is 7.49. The molecule has 1 heterocycles. The van der Waals surface area contributed by atoms with Crippen molar-refractivity contribution in [3.8, 4) is 5.75 Å². The molecule has 100 valence electrons. The minimum Gasteiger partial charge on any atom is -0.492 e. The molecule has 1 saturated carbocycles. The topological polar surface area (TPSA) is 52.0 Å². The Bertz CT molecular complexity index is 508. The fourth-order valence-electron chi connectivity index (χ4n) is 1.90. The first-order chi connectivity index (χ1) is 9.40. The number of hydrogen-bond donors (Lipinski definition) is 1. The monoisotopic (exact) mass is 258 g/mol. The van der Waals surface area contributed by atoms with Gasteiger partial charge in [0.15, 0.2) is 0 Å². The van der Waals surface area contributed by atoms with Gasteiger partial charge in [-0.1, -0.05) is 12.1 Å². The van der Waals surface area contributed by atoms with Crippen LogP contribution >= 0.6 is 0 Å². The number of nitrogens with zero attached hydrogens (tertiary/aromatic N) is 3. The largest absolute Gasteiger partial charge is 0.492 e. The molecule has 0 bridgehead atoms. The Labute approximate surface area is 112 Å². The zero-order chi connectivity index (χ0) is 12.9. The summed E-state index contributed by atoms with van der Waals surface area (Å²) in [4.78, 5) is 3.90.